The van der Waals surface area contributed by atoms with Gasteiger partial charge in [-0.2, -0.15) is 0 Å². The second kappa shape index (κ2) is 7.29. The van der Waals surface area contributed by atoms with Gasteiger partial charge >= 0.3 is 0 Å². The smallest absolute Gasteiger partial charge is 0.144 e. The third kappa shape index (κ3) is 2.85. The summed E-state index contributed by atoms with van der Waals surface area (Å²) in [5.41, 5.74) is 3.51. The summed E-state index contributed by atoms with van der Waals surface area (Å²) in [6.45, 7) is -2.42. The Morgan fingerprint density at radius 2 is 1.50 bits per heavy atom. The van der Waals surface area contributed by atoms with Crippen LogP contribution in [0.15, 0.2) is 114 Å². The first-order chi connectivity index (χ1) is 18.4. The van der Waals surface area contributed by atoms with Crippen molar-refractivity contribution in [3.63, 3.8) is 0 Å². The first-order valence-electron chi connectivity index (χ1n) is 13.2. The predicted molar refractivity (Wildman–Crippen MR) is 142 cm³/mol. The topological polar surface area (TPSA) is 26.0 Å². The van der Waals surface area contributed by atoms with E-state index in [0.29, 0.717) is 28.0 Å². The standard InChI is InChI=1S/C32H21NO/c1-20-16-30(33-19-29(20)21-8-3-2-4-9-21)26-13-7-12-25-28-17-23-15-14-22-10-5-6-11-24(22)27(23)18-31(28)34-32(25)26/h2-19H,1H3/i1D3,19D. The Balaban J connectivity index is 1.49. The Bertz CT molecular complexity index is 2020. The Morgan fingerprint density at radius 1 is 0.676 bits per heavy atom. The van der Waals surface area contributed by atoms with Crippen LogP contribution < -0.4 is 0 Å². The molecule has 0 bridgehead atoms. The molecule has 2 heterocycles. The van der Waals surface area contributed by atoms with Gasteiger partial charge in [0.05, 0.1) is 7.06 Å². The highest BCUT2D eigenvalue weighted by molar-refractivity contribution is 6.17. The van der Waals surface area contributed by atoms with Crippen molar-refractivity contribution in [2.75, 3.05) is 0 Å². The maximum absolute atomic E-state index is 8.72. The molecule has 0 fully saturated rings. The average molecular weight is 440 g/mol. The molecule has 160 valence electrons. The van der Waals surface area contributed by atoms with Crippen molar-refractivity contribution in [1.29, 1.82) is 0 Å². The molecule has 0 radical (unpaired) electrons. The molecule has 0 N–H and O–H groups in total. The number of aryl methyl sites for hydroxylation is 1. The molecule has 0 atom stereocenters. The van der Waals surface area contributed by atoms with Crippen molar-refractivity contribution in [1.82, 2.24) is 4.98 Å². The minimum Gasteiger partial charge on any atom is -0.455 e. The summed E-state index contributed by atoms with van der Waals surface area (Å²) >= 11 is 0. The largest absolute Gasteiger partial charge is 0.455 e. The van der Waals surface area contributed by atoms with Gasteiger partial charge in [-0.05, 0) is 63.8 Å². The second-order valence-electron chi connectivity index (χ2n) is 8.55. The number of fused-ring (bicyclic) bond motifs is 6. The van der Waals surface area contributed by atoms with E-state index in [4.69, 9.17) is 9.90 Å². The Morgan fingerprint density at radius 3 is 2.41 bits per heavy atom. The lowest BCUT2D eigenvalue weighted by molar-refractivity contribution is 0.670. The van der Waals surface area contributed by atoms with Crippen LogP contribution >= 0.6 is 0 Å². The molecule has 0 aliphatic heterocycles. The number of benzene rings is 5. The maximum atomic E-state index is 8.72. The van der Waals surface area contributed by atoms with Gasteiger partial charge in [-0.1, -0.05) is 78.9 Å². The fourth-order valence-electron chi connectivity index (χ4n) is 4.88. The van der Waals surface area contributed by atoms with Crippen LogP contribution in [-0.4, -0.2) is 4.98 Å². The van der Waals surface area contributed by atoms with Crippen molar-refractivity contribution >= 4 is 43.5 Å². The number of para-hydroxylation sites is 1. The van der Waals surface area contributed by atoms with Gasteiger partial charge in [0.25, 0.3) is 0 Å². The Hall–Kier alpha value is -4.43. The summed E-state index contributed by atoms with van der Waals surface area (Å²) in [6.07, 6.45) is -0.0786. The first kappa shape index (κ1) is 15.4. The van der Waals surface area contributed by atoms with Crippen LogP contribution in [0.2, 0.25) is 0 Å². The monoisotopic (exact) mass is 439 g/mol. The molecule has 0 aliphatic carbocycles. The van der Waals surface area contributed by atoms with Crippen molar-refractivity contribution < 1.29 is 9.90 Å². The van der Waals surface area contributed by atoms with Gasteiger partial charge in [0.1, 0.15) is 11.2 Å². The number of furan rings is 1. The molecule has 0 amide bonds. The summed E-state index contributed by atoms with van der Waals surface area (Å²) in [4.78, 5) is 4.57. The highest BCUT2D eigenvalue weighted by atomic mass is 16.3. The van der Waals surface area contributed by atoms with Gasteiger partial charge in [0, 0.05) is 32.2 Å². The summed E-state index contributed by atoms with van der Waals surface area (Å²) in [6, 6.07) is 33.2. The molecule has 5 aromatic carbocycles. The Labute approximate surface area is 202 Å². The molecular formula is C32H21NO. The molecule has 2 heteroatoms. The molecule has 0 aliphatic rings. The van der Waals surface area contributed by atoms with Crippen molar-refractivity contribution in [3.8, 4) is 22.4 Å². The fourth-order valence-corrected chi connectivity index (χ4v) is 4.88. The highest BCUT2D eigenvalue weighted by Gasteiger charge is 2.15. The van der Waals surface area contributed by atoms with E-state index in [9.17, 15) is 0 Å². The first-order valence-corrected chi connectivity index (χ1v) is 11.2. The van der Waals surface area contributed by atoms with E-state index in [1.807, 2.05) is 48.5 Å². The molecule has 7 aromatic rings. The van der Waals surface area contributed by atoms with Gasteiger partial charge in [-0.15, -0.1) is 0 Å². The van der Waals surface area contributed by atoms with E-state index >= 15 is 0 Å². The number of pyridine rings is 1. The zero-order chi connectivity index (χ0) is 26.0. The quantitative estimate of drug-likeness (QED) is 0.251. The molecule has 0 unspecified atom stereocenters. The van der Waals surface area contributed by atoms with Crippen LogP contribution in [0.25, 0.3) is 65.9 Å². The van der Waals surface area contributed by atoms with E-state index in [1.54, 1.807) is 18.2 Å². The van der Waals surface area contributed by atoms with Gasteiger partial charge in [-0.3, -0.25) is 4.98 Å². The average Bonchev–Trinajstić information content (AvgIpc) is 3.29. The van der Waals surface area contributed by atoms with Crippen LogP contribution in [0.5, 0.6) is 0 Å². The molecule has 2 nitrogen and oxygen atoms in total. The summed E-state index contributed by atoms with van der Waals surface area (Å²) < 4.78 is 39.8. The lowest BCUT2D eigenvalue weighted by Crippen LogP contribution is -1.90. The summed E-state index contributed by atoms with van der Waals surface area (Å²) in [7, 11) is 0. The van der Waals surface area contributed by atoms with E-state index < -0.39 is 6.85 Å². The van der Waals surface area contributed by atoms with Crippen molar-refractivity contribution in [3.05, 3.63) is 115 Å². The number of rotatable bonds is 2. The zero-order valence-corrected chi connectivity index (χ0v) is 18.2. The van der Waals surface area contributed by atoms with Crippen LogP contribution in [0.3, 0.4) is 0 Å². The fraction of sp³-hybridized carbons (Fsp3) is 0.0312. The van der Waals surface area contributed by atoms with Crippen LogP contribution in [-0.2, 0) is 0 Å². The zero-order valence-electron chi connectivity index (χ0n) is 22.2. The van der Waals surface area contributed by atoms with Gasteiger partial charge in [0.2, 0.25) is 0 Å². The van der Waals surface area contributed by atoms with Crippen LogP contribution in [0.4, 0.5) is 0 Å². The predicted octanol–water partition coefficient (Wildman–Crippen LogP) is 8.93. The van der Waals surface area contributed by atoms with Gasteiger partial charge in [0.15, 0.2) is 0 Å². The second-order valence-corrected chi connectivity index (χ2v) is 8.55. The maximum Gasteiger partial charge on any atom is 0.144 e. The third-order valence-corrected chi connectivity index (χ3v) is 6.54. The number of hydrogen-bond donors (Lipinski definition) is 0. The summed E-state index contributed by atoms with van der Waals surface area (Å²) in [5, 5.41) is 6.45. The normalized spacial score (nSPS) is 13.8. The lowest BCUT2D eigenvalue weighted by Gasteiger charge is -2.08. The molecule has 34 heavy (non-hydrogen) atoms. The van der Waals surface area contributed by atoms with E-state index in [-0.39, 0.29) is 11.7 Å². The van der Waals surface area contributed by atoms with Crippen molar-refractivity contribution in [2.45, 2.75) is 6.85 Å². The molecule has 2 aromatic heterocycles. The van der Waals surface area contributed by atoms with Crippen LogP contribution in [0.1, 0.15) is 11.0 Å². The number of aromatic nitrogens is 1. The molecular weight excluding hydrogens is 414 g/mol. The molecule has 0 spiro atoms. The van der Waals surface area contributed by atoms with Gasteiger partial charge < -0.3 is 4.42 Å². The van der Waals surface area contributed by atoms with E-state index in [1.165, 1.54) is 5.39 Å². The van der Waals surface area contributed by atoms with E-state index in [0.717, 1.165) is 32.5 Å². The SMILES string of the molecule is [2H]c1nc(-c2cccc3c2oc2cc4c(ccc5ccccc54)cc23)cc(C([2H])([2H])[2H])c1-c1ccccc1. The van der Waals surface area contributed by atoms with Crippen molar-refractivity contribution in [2.24, 2.45) is 0 Å². The minimum atomic E-state index is -2.42. The van der Waals surface area contributed by atoms with E-state index in [2.05, 4.69) is 41.4 Å². The van der Waals surface area contributed by atoms with Crippen LogP contribution in [0, 0.1) is 6.85 Å². The molecule has 7 rings (SSSR count). The molecule has 0 saturated carbocycles. The minimum absolute atomic E-state index is 0.0786. The summed E-state index contributed by atoms with van der Waals surface area (Å²) in [5.74, 6) is 0. The highest BCUT2D eigenvalue weighted by Crippen LogP contribution is 2.39. The number of nitrogens with zero attached hydrogens (tertiary/aromatic N) is 1. The number of hydrogen-bond acceptors (Lipinski definition) is 2. The third-order valence-electron chi connectivity index (χ3n) is 6.54. The van der Waals surface area contributed by atoms with Gasteiger partial charge in [-0.25, -0.2) is 0 Å². The lowest BCUT2D eigenvalue weighted by atomic mass is 9.98. The Kier molecular flexibility index (Phi) is 3.31. The molecule has 0 saturated heterocycles.